The number of ketones is 1. The van der Waals surface area contributed by atoms with E-state index < -0.39 is 0 Å². The van der Waals surface area contributed by atoms with E-state index in [0.717, 1.165) is 29.9 Å². The van der Waals surface area contributed by atoms with Crippen molar-refractivity contribution in [3.05, 3.63) is 65.0 Å². The van der Waals surface area contributed by atoms with Gasteiger partial charge >= 0.3 is 0 Å². The molecule has 0 N–H and O–H groups in total. The fourth-order valence-electron chi connectivity index (χ4n) is 4.81. The van der Waals surface area contributed by atoms with Gasteiger partial charge in [0.15, 0.2) is 5.78 Å². The molecule has 34 heavy (non-hydrogen) atoms. The Kier molecular flexibility index (Phi) is 5.43. The zero-order valence-electron chi connectivity index (χ0n) is 19.5. The smallest absolute Gasteiger partial charge is 0.277 e. The monoisotopic (exact) mass is 458 g/mol. The normalized spacial score (nSPS) is 15.6. The van der Waals surface area contributed by atoms with E-state index >= 15 is 0 Å². The second-order valence-corrected chi connectivity index (χ2v) is 8.67. The van der Waals surface area contributed by atoms with Crippen LogP contribution in [0.4, 0.5) is 11.4 Å². The summed E-state index contributed by atoms with van der Waals surface area (Å²) in [7, 11) is 1.59. The van der Waals surface area contributed by atoms with Gasteiger partial charge < -0.3 is 14.5 Å². The quantitative estimate of drug-likeness (QED) is 0.544. The molecule has 1 saturated heterocycles. The number of benzene rings is 2. The Balaban J connectivity index is 1.54. The maximum absolute atomic E-state index is 13.8. The Morgan fingerprint density at radius 1 is 0.971 bits per heavy atom. The van der Waals surface area contributed by atoms with Crippen molar-refractivity contribution in [2.75, 3.05) is 30.0 Å². The van der Waals surface area contributed by atoms with Crippen molar-refractivity contribution >= 4 is 29.0 Å². The SMILES string of the molecule is COc1ccc(-n2nc(C(C)=O)c3c2C(=O)N(c2ccc(N4CCCC4=O)cc2C)CC3)cc1. The summed E-state index contributed by atoms with van der Waals surface area (Å²) in [4.78, 5) is 41.8. The van der Waals surface area contributed by atoms with E-state index in [0.29, 0.717) is 47.8 Å². The number of aryl methyl sites for hydroxylation is 1. The Labute approximate surface area is 197 Å². The van der Waals surface area contributed by atoms with Crippen molar-refractivity contribution in [2.45, 2.75) is 33.1 Å². The summed E-state index contributed by atoms with van der Waals surface area (Å²) in [6, 6.07) is 13.0. The van der Waals surface area contributed by atoms with Crippen LogP contribution < -0.4 is 14.5 Å². The van der Waals surface area contributed by atoms with Crippen molar-refractivity contribution in [3.63, 3.8) is 0 Å². The van der Waals surface area contributed by atoms with E-state index in [1.54, 1.807) is 33.7 Å². The van der Waals surface area contributed by atoms with Crippen LogP contribution in [-0.4, -0.2) is 47.6 Å². The van der Waals surface area contributed by atoms with Gasteiger partial charge in [-0.2, -0.15) is 5.10 Å². The average Bonchev–Trinajstić information content (AvgIpc) is 3.44. The average molecular weight is 459 g/mol. The van der Waals surface area contributed by atoms with E-state index in [4.69, 9.17) is 4.74 Å². The van der Waals surface area contributed by atoms with Crippen LogP contribution in [0.1, 0.15) is 51.9 Å². The molecule has 2 aliphatic heterocycles. The molecule has 2 aliphatic rings. The number of anilines is 2. The number of nitrogens with zero attached hydrogens (tertiary/aromatic N) is 4. The van der Waals surface area contributed by atoms with E-state index in [-0.39, 0.29) is 17.6 Å². The largest absolute Gasteiger partial charge is 0.497 e. The highest BCUT2D eigenvalue weighted by atomic mass is 16.5. The third-order valence-electron chi connectivity index (χ3n) is 6.52. The van der Waals surface area contributed by atoms with E-state index in [1.807, 2.05) is 37.3 Å². The predicted molar refractivity (Wildman–Crippen MR) is 128 cm³/mol. The van der Waals surface area contributed by atoms with Crippen LogP contribution in [0.15, 0.2) is 42.5 Å². The first kappa shape index (κ1) is 21.9. The molecule has 1 fully saturated rings. The van der Waals surface area contributed by atoms with Crippen LogP contribution in [0.2, 0.25) is 0 Å². The second-order valence-electron chi connectivity index (χ2n) is 8.67. The number of hydrogen-bond acceptors (Lipinski definition) is 5. The minimum atomic E-state index is -0.204. The Morgan fingerprint density at radius 3 is 2.32 bits per heavy atom. The van der Waals surface area contributed by atoms with Crippen LogP contribution >= 0.6 is 0 Å². The van der Waals surface area contributed by atoms with Crippen LogP contribution in [0.5, 0.6) is 5.75 Å². The summed E-state index contributed by atoms with van der Waals surface area (Å²) in [6.07, 6.45) is 1.96. The Morgan fingerprint density at radius 2 is 1.71 bits per heavy atom. The molecule has 5 rings (SSSR count). The molecule has 1 aromatic heterocycles. The number of fused-ring (bicyclic) bond motifs is 1. The van der Waals surface area contributed by atoms with Gasteiger partial charge in [0.2, 0.25) is 5.91 Å². The molecule has 0 aliphatic carbocycles. The summed E-state index contributed by atoms with van der Waals surface area (Å²) in [5.41, 5.74) is 4.66. The van der Waals surface area contributed by atoms with Gasteiger partial charge in [-0.1, -0.05) is 0 Å². The molecule has 2 aromatic carbocycles. The van der Waals surface area contributed by atoms with Gasteiger partial charge in [0.25, 0.3) is 5.91 Å². The first-order valence-corrected chi connectivity index (χ1v) is 11.4. The van der Waals surface area contributed by atoms with Gasteiger partial charge in [-0.05, 0) is 67.8 Å². The molecular formula is C26H26N4O4. The van der Waals surface area contributed by atoms with Crippen molar-refractivity contribution in [1.29, 1.82) is 0 Å². The topological polar surface area (TPSA) is 84.7 Å². The molecule has 174 valence electrons. The van der Waals surface area contributed by atoms with E-state index in [1.165, 1.54) is 6.92 Å². The van der Waals surface area contributed by atoms with Gasteiger partial charge in [-0.15, -0.1) is 0 Å². The molecule has 8 heteroatoms. The summed E-state index contributed by atoms with van der Waals surface area (Å²) in [5.74, 6) is 0.452. The number of carbonyl (C=O) groups excluding carboxylic acids is 3. The maximum Gasteiger partial charge on any atom is 0.277 e. The van der Waals surface area contributed by atoms with Gasteiger partial charge in [-0.25, -0.2) is 4.68 Å². The summed E-state index contributed by atoms with van der Waals surface area (Å²) in [6.45, 7) is 4.59. The lowest BCUT2D eigenvalue weighted by Crippen LogP contribution is -2.39. The number of methoxy groups -OCH3 is 1. The van der Waals surface area contributed by atoms with Gasteiger partial charge in [0.1, 0.15) is 17.1 Å². The number of aromatic nitrogens is 2. The zero-order valence-corrected chi connectivity index (χ0v) is 19.5. The number of carbonyl (C=O) groups is 3. The van der Waals surface area contributed by atoms with Gasteiger partial charge in [-0.3, -0.25) is 14.4 Å². The molecule has 0 atom stereocenters. The van der Waals surface area contributed by atoms with Crippen LogP contribution in [0, 0.1) is 6.92 Å². The summed E-state index contributed by atoms with van der Waals surface area (Å²) in [5, 5.41) is 4.53. The highest BCUT2D eigenvalue weighted by molar-refractivity contribution is 6.10. The van der Waals surface area contributed by atoms with Gasteiger partial charge in [0.05, 0.1) is 12.8 Å². The fourth-order valence-corrected chi connectivity index (χ4v) is 4.81. The molecule has 0 radical (unpaired) electrons. The number of rotatable bonds is 5. The molecule has 0 saturated carbocycles. The fraction of sp³-hybridized carbons (Fsp3) is 0.308. The third kappa shape index (κ3) is 3.55. The number of Topliss-reactive ketones (excluding diaryl/α,β-unsaturated/α-hetero) is 1. The molecule has 3 aromatic rings. The van der Waals surface area contributed by atoms with Crippen molar-refractivity contribution in [3.8, 4) is 11.4 Å². The second kappa shape index (κ2) is 8.44. The lowest BCUT2D eigenvalue weighted by atomic mass is 10.00. The molecule has 0 spiro atoms. The predicted octanol–water partition coefficient (Wildman–Crippen LogP) is 3.72. The summed E-state index contributed by atoms with van der Waals surface area (Å²) < 4.78 is 6.80. The molecule has 3 heterocycles. The highest BCUT2D eigenvalue weighted by Gasteiger charge is 2.35. The van der Waals surface area contributed by atoms with E-state index in [9.17, 15) is 14.4 Å². The van der Waals surface area contributed by atoms with Crippen molar-refractivity contribution < 1.29 is 19.1 Å². The first-order chi connectivity index (χ1) is 16.4. The number of amides is 2. The lowest BCUT2D eigenvalue weighted by molar-refractivity contribution is -0.117. The number of ether oxygens (including phenoxy) is 1. The first-order valence-electron chi connectivity index (χ1n) is 11.4. The Bertz CT molecular complexity index is 1310. The third-order valence-corrected chi connectivity index (χ3v) is 6.52. The molecule has 2 amide bonds. The molecular weight excluding hydrogens is 432 g/mol. The van der Waals surface area contributed by atoms with E-state index in [2.05, 4.69) is 5.10 Å². The number of hydrogen-bond donors (Lipinski definition) is 0. The van der Waals surface area contributed by atoms with Crippen LogP contribution in [0.25, 0.3) is 5.69 Å². The molecule has 0 bridgehead atoms. The lowest BCUT2D eigenvalue weighted by Gasteiger charge is -2.29. The summed E-state index contributed by atoms with van der Waals surface area (Å²) >= 11 is 0. The van der Waals surface area contributed by atoms with Crippen molar-refractivity contribution in [1.82, 2.24) is 9.78 Å². The molecule has 8 nitrogen and oxygen atoms in total. The standard InChI is InChI=1S/C26H26N4O4/c1-16-15-19(28-13-4-5-23(28)32)8-11-22(16)29-14-12-21-24(17(2)31)27-30(25(21)26(29)33)18-6-9-20(34-3)10-7-18/h6-11,15H,4-5,12-14H2,1-3H3. The minimum absolute atomic E-state index is 0.131. The molecule has 0 unspecified atom stereocenters. The maximum atomic E-state index is 13.8. The van der Waals surface area contributed by atoms with Gasteiger partial charge in [0, 0.05) is 43.4 Å². The zero-order chi connectivity index (χ0) is 24.0. The van der Waals surface area contributed by atoms with Crippen LogP contribution in [0.3, 0.4) is 0 Å². The van der Waals surface area contributed by atoms with Crippen LogP contribution in [-0.2, 0) is 11.2 Å². The van der Waals surface area contributed by atoms with Crippen molar-refractivity contribution in [2.24, 2.45) is 0 Å². The highest BCUT2D eigenvalue weighted by Crippen LogP contribution is 2.33. The Hall–Kier alpha value is -3.94. The minimum Gasteiger partial charge on any atom is -0.497 e.